The number of hydrogen-bond donors (Lipinski definition) is 0. The van der Waals surface area contributed by atoms with E-state index in [1.807, 2.05) is 43.3 Å². The quantitative estimate of drug-likeness (QED) is 0.747. The lowest BCUT2D eigenvalue weighted by Crippen LogP contribution is -2.40. The van der Waals surface area contributed by atoms with Crippen molar-refractivity contribution >= 4 is 23.2 Å². The summed E-state index contributed by atoms with van der Waals surface area (Å²) in [5.41, 5.74) is 1.07. The average molecular weight is 373 g/mol. The van der Waals surface area contributed by atoms with Gasteiger partial charge in [0.2, 0.25) is 0 Å². The van der Waals surface area contributed by atoms with Crippen molar-refractivity contribution in [3.63, 3.8) is 0 Å². The number of piperidine rings is 1. The van der Waals surface area contributed by atoms with Crippen molar-refractivity contribution in [1.29, 1.82) is 0 Å². The summed E-state index contributed by atoms with van der Waals surface area (Å²) in [4.78, 5) is 28.3. The molecule has 2 aromatic rings. The van der Waals surface area contributed by atoms with E-state index in [-0.39, 0.29) is 17.8 Å². The molecule has 1 saturated heterocycles. The number of ether oxygens (including phenoxy) is 2. The summed E-state index contributed by atoms with van der Waals surface area (Å²) >= 11 is 1.45. The van der Waals surface area contributed by atoms with Gasteiger partial charge in [-0.3, -0.25) is 9.59 Å². The van der Waals surface area contributed by atoms with Gasteiger partial charge >= 0.3 is 5.97 Å². The molecule has 0 aliphatic carbocycles. The van der Waals surface area contributed by atoms with Crippen molar-refractivity contribution in [3.8, 4) is 16.2 Å². The second-order valence-electron chi connectivity index (χ2n) is 6.19. The molecule has 1 fully saturated rings. The molecule has 5 nitrogen and oxygen atoms in total. The molecule has 0 spiro atoms. The summed E-state index contributed by atoms with van der Waals surface area (Å²) in [5, 5.41) is 0. The zero-order valence-electron chi connectivity index (χ0n) is 15.1. The molecule has 6 heteroatoms. The van der Waals surface area contributed by atoms with Crippen LogP contribution in [0.4, 0.5) is 0 Å². The zero-order valence-corrected chi connectivity index (χ0v) is 15.9. The van der Waals surface area contributed by atoms with Crippen LogP contribution in [0.1, 0.15) is 29.4 Å². The number of hydrogen-bond acceptors (Lipinski definition) is 5. The van der Waals surface area contributed by atoms with Crippen LogP contribution in [0.5, 0.6) is 5.75 Å². The fraction of sp³-hybridized carbons (Fsp3) is 0.400. The van der Waals surface area contributed by atoms with Gasteiger partial charge in [-0.15, -0.1) is 11.3 Å². The van der Waals surface area contributed by atoms with Crippen LogP contribution in [0.25, 0.3) is 10.4 Å². The molecule has 0 saturated carbocycles. The van der Waals surface area contributed by atoms with Gasteiger partial charge in [0.1, 0.15) is 10.6 Å². The second-order valence-corrected chi connectivity index (χ2v) is 7.24. The molecule has 1 aromatic carbocycles. The minimum Gasteiger partial charge on any atom is -0.495 e. The van der Waals surface area contributed by atoms with Gasteiger partial charge in [0, 0.05) is 18.0 Å². The van der Waals surface area contributed by atoms with E-state index in [0.717, 1.165) is 10.4 Å². The number of methoxy groups -OCH3 is 1. The minimum absolute atomic E-state index is 0.0312. The Morgan fingerprint density at radius 2 is 1.88 bits per heavy atom. The average Bonchev–Trinajstić information content (AvgIpc) is 3.13. The van der Waals surface area contributed by atoms with Gasteiger partial charge in [-0.05, 0) is 31.4 Å². The van der Waals surface area contributed by atoms with E-state index >= 15 is 0 Å². The lowest BCUT2D eigenvalue weighted by molar-refractivity contribution is -0.149. The SMILES string of the molecule is CCOC(=O)C1CCN(C(=O)c2sc(-c3ccccc3)cc2OC)CC1. The number of amides is 1. The molecule has 1 aromatic heterocycles. The molecule has 26 heavy (non-hydrogen) atoms. The molecule has 2 heterocycles. The second kappa shape index (κ2) is 8.36. The third-order valence-electron chi connectivity index (χ3n) is 4.57. The van der Waals surface area contributed by atoms with Crippen molar-refractivity contribution in [2.75, 3.05) is 26.8 Å². The number of likely N-dealkylation sites (tertiary alicyclic amines) is 1. The maximum absolute atomic E-state index is 13.0. The highest BCUT2D eigenvalue weighted by atomic mass is 32.1. The largest absolute Gasteiger partial charge is 0.495 e. The molecule has 3 rings (SSSR count). The number of rotatable bonds is 5. The molecule has 0 bridgehead atoms. The first-order chi connectivity index (χ1) is 12.6. The third kappa shape index (κ3) is 3.90. The molecule has 0 radical (unpaired) electrons. The molecular weight excluding hydrogens is 350 g/mol. The number of thiophene rings is 1. The van der Waals surface area contributed by atoms with Crippen molar-refractivity contribution < 1.29 is 19.1 Å². The van der Waals surface area contributed by atoms with Crippen LogP contribution in [0.2, 0.25) is 0 Å². The summed E-state index contributed by atoms with van der Waals surface area (Å²) < 4.78 is 10.5. The standard InChI is InChI=1S/C20H23NO4S/c1-3-25-20(23)15-9-11-21(12-10-15)19(22)18-16(24-2)13-17(26-18)14-7-5-4-6-8-14/h4-8,13,15H,3,9-12H2,1-2H3. The number of nitrogens with zero attached hydrogens (tertiary/aromatic N) is 1. The molecule has 138 valence electrons. The van der Waals surface area contributed by atoms with Crippen molar-refractivity contribution in [2.45, 2.75) is 19.8 Å². The molecule has 0 unspecified atom stereocenters. The van der Waals surface area contributed by atoms with E-state index in [9.17, 15) is 9.59 Å². The Balaban J connectivity index is 1.72. The number of benzene rings is 1. The Labute approximate surface area is 157 Å². The van der Waals surface area contributed by atoms with Crippen LogP contribution in [0.3, 0.4) is 0 Å². The highest BCUT2D eigenvalue weighted by molar-refractivity contribution is 7.17. The molecule has 1 amide bonds. The van der Waals surface area contributed by atoms with Crippen LogP contribution in [-0.2, 0) is 9.53 Å². The van der Waals surface area contributed by atoms with E-state index in [1.54, 1.807) is 12.0 Å². The highest BCUT2D eigenvalue weighted by Crippen LogP contribution is 2.37. The van der Waals surface area contributed by atoms with Crippen LogP contribution < -0.4 is 4.74 Å². The molecule has 1 aliphatic rings. The Morgan fingerprint density at radius 1 is 1.19 bits per heavy atom. The fourth-order valence-electron chi connectivity index (χ4n) is 3.14. The van der Waals surface area contributed by atoms with Crippen LogP contribution in [-0.4, -0.2) is 43.6 Å². The molecule has 0 atom stereocenters. The van der Waals surface area contributed by atoms with Gasteiger partial charge in [-0.2, -0.15) is 0 Å². The maximum Gasteiger partial charge on any atom is 0.309 e. The first kappa shape index (κ1) is 18.5. The summed E-state index contributed by atoms with van der Waals surface area (Å²) in [5.74, 6) is 0.312. The number of esters is 1. The minimum atomic E-state index is -0.153. The Hall–Kier alpha value is -2.34. The first-order valence-electron chi connectivity index (χ1n) is 8.83. The maximum atomic E-state index is 13.0. The smallest absolute Gasteiger partial charge is 0.309 e. The predicted octanol–water partition coefficient (Wildman–Crippen LogP) is 3.84. The number of carbonyl (C=O) groups excluding carboxylic acids is 2. The Morgan fingerprint density at radius 3 is 2.50 bits per heavy atom. The third-order valence-corrected chi connectivity index (χ3v) is 5.73. The first-order valence-corrected chi connectivity index (χ1v) is 9.64. The normalized spacial score (nSPS) is 14.9. The van der Waals surface area contributed by atoms with Crippen LogP contribution in [0.15, 0.2) is 36.4 Å². The van der Waals surface area contributed by atoms with Gasteiger partial charge in [0.15, 0.2) is 0 Å². The van der Waals surface area contributed by atoms with E-state index in [4.69, 9.17) is 9.47 Å². The lowest BCUT2D eigenvalue weighted by Gasteiger charge is -2.30. The van der Waals surface area contributed by atoms with Crippen molar-refractivity contribution in [2.24, 2.45) is 5.92 Å². The van der Waals surface area contributed by atoms with Crippen molar-refractivity contribution in [3.05, 3.63) is 41.3 Å². The predicted molar refractivity (Wildman–Crippen MR) is 102 cm³/mol. The van der Waals surface area contributed by atoms with E-state index < -0.39 is 0 Å². The van der Waals surface area contributed by atoms with E-state index in [0.29, 0.717) is 43.2 Å². The van der Waals surface area contributed by atoms with Gasteiger partial charge in [0.05, 0.1) is 19.6 Å². The monoisotopic (exact) mass is 373 g/mol. The van der Waals surface area contributed by atoms with Gasteiger partial charge in [0.25, 0.3) is 5.91 Å². The van der Waals surface area contributed by atoms with E-state index in [1.165, 1.54) is 11.3 Å². The summed E-state index contributed by atoms with van der Waals surface area (Å²) in [6.45, 7) is 3.32. The lowest BCUT2D eigenvalue weighted by atomic mass is 9.97. The summed E-state index contributed by atoms with van der Waals surface area (Å²) in [6.07, 6.45) is 1.29. The molecule has 0 N–H and O–H groups in total. The van der Waals surface area contributed by atoms with Gasteiger partial charge in [-0.1, -0.05) is 30.3 Å². The van der Waals surface area contributed by atoms with E-state index in [2.05, 4.69) is 0 Å². The Kier molecular flexibility index (Phi) is 5.93. The zero-order chi connectivity index (χ0) is 18.5. The van der Waals surface area contributed by atoms with Crippen LogP contribution in [0, 0.1) is 5.92 Å². The summed E-state index contributed by atoms with van der Waals surface area (Å²) in [6, 6.07) is 11.9. The molecule has 1 aliphatic heterocycles. The van der Waals surface area contributed by atoms with Crippen LogP contribution >= 0.6 is 11.3 Å². The van der Waals surface area contributed by atoms with Gasteiger partial charge < -0.3 is 14.4 Å². The molecular formula is C20H23NO4S. The topological polar surface area (TPSA) is 55.8 Å². The summed E-state index contributed by atoms with van der Waals surface area (Å²) in [7, 11) is 1.58. The van der Waals surface area contributed by atoms with Gasteiger partial charge in [-0.25, -0.2) is 0 Å². The van der Waals surface area contributed by atoms with Crippen molar-refractivity contribution in [1.82, 2.24) is 4.90 Å². The Bertz CT molecular complexity index is 763. The fourth-order valence-corrected chi connectivity index (χ4v) is 4.24. The number of carbonyl (C=O) groups is 2. The highest BCUT2D eigenvalue weighted by Gasteiger charge is 2.30.